The average molecular weight is 2030 g/mol. The van der Waals surface area contributed by atoms with Crippen LogP contribution in [0.4, 0.5) is 0 Å². The van der Waals surface area contributed by atoms with Gasteiger partial charge in [0.1, 0.15) is 103 Å². The second kappa shape index (κ2) is 66.9. The van der Waals surface area contributed by atoms with Crippen LogP contribution in [0, 0.1) is 47.3 Å². The Morgan fingerprint density at radius 2 is 0.652 bits per heavy atom. The lowest BCUT2D eigenvalue weighted by molar-refractivity contribution is -0.138. The summed E-state index contributed by atoms with van der Waals surface area (Å²) in [5.41, 5.74) is 28.3. The molecule has 0 rings (SSSR count). The highest BCUT2D eigenvalue weighted by atomic mass is 32.2. The number of hydrogen-bond acceptors (Lipinski definition) is 28. The maximum absolute atomic E-state index is 14.5. The van der Waals surface area contributed by atoms with Crippen LogP contribution < -0.4 is 130 Å². The zero-order valence-electron chi connectivity index (χ0n) is 85.3. The quantitative estimate of drug-likeness (QED) is 0.0153. The third-order valence-electron chi connectivity index (χ3n) is 21.9. The van der Waals surface area contributed by atoms with Crippen LogP contribution in [0.5, 0.6) is 0 Å². The van der Waals surface area contributed by atoms with Gasteiger partial charge in [-0.25, -0.2) is 0 Å². The lowest BCUT2D eigenvalue weighted by atomic mass is 9.95. The third-order valence-corrected chi connectivity index (χ3v) is 22.5. The zero-order chi connectivity index (χ0) is 108. The molecule has 0 aliphatic carbocycles. The predicted octanol–water partition coefficient (Wildman–Crippen LogP) is -7.30. The fourth-order valence-corrected chi connectivity index (χ4v) is 14.4. The van der Waals surface area contributed by atoms with E-state index in [1.54, 1.807) is 117 Å². The van der Waals surface area contributed by atoms with Gasteiger partial charge >= 0.3 is 5.97 Å². The molecule has 0 heterocycles. The molecule has 0 aliphatic heterocycles. The number of rotatable bonds is 69. The van der Waals surface area contributed by atoms with E-state index in [1.165, 1.54) is 25.6 Å². The molecule has 0 spiro atoms. The van der Waals surface area contributed by atoms with E-state index in [0.29, 0.717) is 12.2 Å². The van der Waals surface area contributed by atoms with Crippen LogP contribution in [0.2, 0.25) is 0 Å². The summed E-state index contributed by atoms with van der Waals surface area (Å²) in [4.78, 5) is 291. The number of hydrogen-bond donors (Lipinski definition) is 28. The van der Waals surface area contributed by atoms with Crippen molar-refractivity contribution >= 4 is 142 Å². The first-order valence-corrected chi connectivity index (χ1v) is 49.2. The number of unbranched alkanes of at least 4 members (excludes halogenated alkanes) is 1. The Hall–Kier alpha value is -11.7. The number of carboxylic acid groups (broad SMARTS) is 1. The molecule has 804 valence electrons. The van der Waals surface area contributed by atoms with Crippen LogP contribution in [0.15, 0.2) is 4.99 Å². The van der Waals surface area contributed by atoms with Gasteiger partial charge in [-0.05, 0) is 164 Å². The number of guanidine groups is 1. The lowest BCUT2D eigenvalue weighted by Gasteiger charge is -2.30. The number of carboxylic acids is 1. The molecule has 0 fully saturated rings. The number of aliphatic carboxylic acids is 1. The second-order valence-electron chi connectivity index (χ2n) is 38.1. The van der Waals surface area contributed by atoms with Gasteiger partial charge in [-0.3, -0.25) is 106 Å². The van der Waals surface area contributed by atoms with Crippen LogP contribution >= 0.6 is 11.8 Å². The maximum atomic E-state index is 14.5. The van der Waals surface area contributed by atoms with Crippen molar-refractivity contribution in [2.75, 3.05) is 51.3 Å². The average Bonchev–Trinajstić information content (AvgIpc) is 0.844. The number of aliphatic hydroxyl groups is 3. The van der Waals surface area contributed by atoms with Crippen LogP contribution in [0.1, 0.15) is 222 Å². The molecule has 33 N–H and O–H groups in total. The summed E-state index contributed by atoms with van der Waals surface area (Å²) in [6.45, 7) is 28.7. The summed E-state index contributed by atoms with van der Waals surface area (Å²) >= 11 is 1.41. The number of primary amides is 1. The molecule has 0 radical (unpaired) electrons. The zero-order valence-corrected chi connectivity index (χ0v) is 86.2. The molecule has 50 nitrogen and oxygen atoms in total. The molecule has 0 aromatic carbocycles. The van der Waals surface area contributed by atoms with Crippen LogP contribution in [0.3, 0.4) is 0 Å². The van der Waals surface area contributed by atoms with Gasteiger partial charge in [0.15, 0.2) is 5.96 Å². The highest BCUT2D eigenvalue weighted by Gasteiger charge is 2.42. The number of carbonyl (C=O) groups is 21. The number of nitrogens with two attached hydrogens (primary N) is 5. The Balaban J connectivity index is 6.58. The summed E-state index contributed by atoms with van der Waals surface area (Å²) in [6.07, 6.45) is -1.51. The Bertz CT molecular complexity index is 4160. The Labute approximate surface area is 829 Å². The summed E-state index contributed by atoms with van der Waals surface area (Å²) in [5, 5.41) is 88.3. The van der Waals surface area contributed by atoms with Gasteiger partial charge in [-0.2, -0.15) is 11.8 Å². The predicted molar refractivity (Wildman–Crippen MR) is 523 cm³/mol. The SMILES string of the molecule is CC[C@H](C)[C@H](NC(=O)[C@@H](NC(=O)[C@H](C)NC(=O)CNC(=O)[C@H](CC(C)C)NC(=O)[C@@H](NC(=O)[C@H](CC(C)C)NC(=O)[C@H](CCCCN)NC(=O)[C@@H](NC(=O)[C@H](CCCN=C(N)N)NC(=O)[C@H](CC(N)=O)NC(=O)[C@@H](N)CCSC)[C@@H](C)O)C(C)C)C(C)C)C(=O)N[C@@H](CC(C)C)C(=O)NCC(=O)N[C@@H](CO)C(=O)N[C@H](C(=O)N[C@@H](CC(C)C)C(=O)N[C@@H](CC(C)C)C(=O)N[C@@H](C)C(=O)NCC(=O)O)[C@@H](C)O. The number of nitrogens with zero attached hydrogens (tertiary/aromatic N) is 1. The fourth-order valence-electron chi connectivity index (χ4n) is 13.9. The van der Waals surface area contributed by atoms with Gasteiger partial charge in [0.2, 0.25) is 118 Å². The summed E-state index contributed by atoms with van der Waals surface area (Å²) in [6, 6.07) is -24.7. The second-order valence-corrected chi connectivity index (χ2v) is 39.1. The molecule has 0 saturated carbocycles. The van der Waals surface area contributed by atoms with E-state index in [1.807, 2.05) is 0 Å². The minimum Gasteiger partial charge on any atom is -0.480 e. The molecule has 0 aromatic rings. The molecule has 51 heteroatoms. The Morgan fingerprint density at radius 3 is 1.05 bits per heavy atom. The topological polar surface area (TPSA) is 810 Å². The molecular formula is C90H163N25O25S. The van der Waals surface area contributed by atoms with Crippen LogP contribution in [0.25, 0.3) is 0 Å². The molecule has 0 aliphatic rings. The number of amides is 20. The highest BCUT2D eigenvalue weighted by Crippen LogP contribution is 2.18. The monoisotopic (exact) mass is 2030 g/mol. The van der Waals surface area contributed by atoms with E-state index in [0.717, 1.165) is 13.8 Å². The number of aliphatic imine (C=N–C) groups is 1. The van der Waals surface area contributed by atoms with E-state index >= 15 is 0 Å². The normalized spacial score (nSPS) is 15.6. The van der Waals surface area contributed by atoms with Crippen molar-refractivity contribution < 1.29 is 121 Å². The van der Waals surface area contributed by atoms with Crippen molar-refractivity contribution in [3.63, 3.8) is 0 Å². The lowest BCUT2D eigenvalue weighted by Crippen LogP contribution is -2.62. The molecule has 20 amide bonds. The molecule has 141 heavy (non-hydrogen) atoms. The number of aliphatic hydroxyl groups excluding tert-OH is 3. The highest BCUT2D eigenvalue weighted by molar-refractivity contribution is 7.98. The molecular weight excluding hydrogens is 1860 g/mol. The van der Waals surface area contributed by atoms with Gasteiger partial charge < -0.3 is 150 Å². The van der Waals surface area contributed by atoms with Gasteiger partial charge in [0.05, 0.1) is 44.4 Å². The maximum Gasteiger partial charge on any atom is 0.322 e. The summed E-state index contributed by atoms with van der Waals surface area (Å²) in [5.74, 6) is -23.1. The van der Waals surface area contributed by atoms with Crippen molar-refractivity contribution in [1.82, 2.24) is 101 Å². The summed E-state index contributed by atoms with van der Waals surface area (Å²) in [7, 11) is 0. The first-order valence-electron chi connectivity index (χ1n) is 47.8. The van der Waals surface area contributed by atoms with Crippen molar-refractivity contribution in [1.29, 1.82) is 0 Å². The van der Waals surface area contributed by atoms with Crippen molar-refractivity contribution in [2.45, 2.75) is 337 Å². The minimum atomic E-state index is -1.83. The molecule has 0 bridgehead atoms. The van der Waals surface area contributed by atoms with Crippen molar-refractivity contribution in [3.05, 3.63) is 0 Å². The van der Waals surface area contributed by atoms with E-state index < -0.39 is 289 Å². The number of thioether (sulfide) groups is 1. The van der Waals surface area contributed by atoms with Crippen molar-refractivity contribution in [3.8, 4) is 0 Å². The standard InChI is InChI=1S/C90H163N25O25S/c1-22-49(16)70(87(138)109-58(33-43(4)5)77(128)98-39-66(121)102-63(41-116)84(135)115-72(53(20)118)89(140)110-60(35-45(8)9)81(132)107-59(34-44(6)7)80(131)101-50(17)73(124)99-40-67(122)123)113-86(137)69(48(14)15)111-74(125)51(18)100-65(120)38-97-76(127)57(32-42(2)3)108-85(136)68(47(12)13)112-83(134)61(36-46(10)11)106-78(129)55(26-23-24-29-91)104-88(139)71(52(19)117)114-79(130)56(27-25-30-96-90(94)95)103-82(133)62(37-64(93)119)105-75(126)54(92)28-31-141-21/h42-63,68-72,116-118H,22-41,91-92H2,1-21H3,(H2,93,119)(H,97,127)(H,98,128)(H,99,124)(H,100,120)(H,101,131)(H,102,121)(H,103,133)(H,104,139)(H,105,126)(H,106,129)(H,107,132)(H,108,136)(H,109,138)(H,110,140)(H,111,125)(H,112,134)(H,113,137)(H,114,130)(H,115,135)(H,122,123)(H4,94,95,96)/t49-,50-,51-,52+,53+,54-,55-,56-,57-,58-,59-,60-,61-,62-,63-,68-,69-,70-,71-,72-/m0/s1. The first-order chi connectivity index (χ1) is 65.7. The van der Waals surface area contributed by atoms with Crippen LogP contribution in [-0.2, 0) is 101 Å². The third kappa shape index (κ3) is 51.5. The van der Waals surface area contributed by atoms with Crippen LogP contribution in [-0.4, -0.2) is 317 Å². The molecule has 0 saturated heterocycles. The van der Waals surface area contributed by atoms with Gasteiger partial charge in [-0.1, -0.05) is 117 Å². The number of carbonyl (C=O) groups excluding carboxylic acids is 20. The smallest absolute Gasteiger partial charge is 0.322 e. The minimum absolute atomic E-state index is 0.00364. The van der Waals surface area contributed by atoms with Gasteiger partial charge in [-0.15, -0.1) is 0 Å². The van der Waals surface area contributed by atoms with Crippen molar-refractivity contribution in [2.24, 2.45) is 81.0 Å². The Morgan fingerprint density at radius 1 is 0.333 bits per heavy atom. The van der Waals surface area contributed by atoms with E-state index in [-0.39, 0.29) is 119 Å². The van der Waals surface area contributed by atoms with E-state index in [2.05, 4.69) is 106 Å². The molecule has 0 unspecified atom stereocenters. The van der Waals surface area contributed by atoms with E-state index in [9.17, 15) is 116 Å². The molecule has 0 aromatic heterocycles. The first kappa shape index (κ1) is 129. The van der Waals surface area contributed by atoms with Gasteiger partial charge in [0.25, 0.3) is 0 Å². The van der Waals surface area contributed by atoms with Gasteiger partial charge in [0, 0.05) is 6.54 Å². The Kier molecular flexibility index (Phi) is 61.3. The molecule has 20 atom stereocenters. The van der Waals surface area contributed by atoms with E-state index in [4.69, 9.17) is 33.8 Å². The largest absolute Gasteiger partial charge is 0.480 e. The summed E-state index contributed by atoms with van der Waals surface area (Å²) < 4.78 is 0. The number of nitrogens with one attached hydrogen (secondary N) is 19. The fraction of sp³-hybridized carbons (Fsp3) is 0.756.